The number of hydrogen-bond donors (Lipinski definition) is 0. The molecule has 3 nitrogen and oxygen atoms in total. The Morgan fingerprint density at radius 3 is 1.39 bits per heavy atom. The van der Waals surface area contributed by atoms with Gasteiger partial charge in [-0.25, -0.2) is 0 Å². The van der Waals surface area contributed by atoms with Gasteiger partial charge in [0, 0.05) is 14.2 Å². The lowest BCUT2D eigenvalue weighted by Gasteiger charge is -2.16. The van der Waals surface area contributed by atoms with Gasteiger partial charge >= 0.3 is 8.25 Å². The molecule has 0 amide bonds. The van der Waals surface area contributed by atoms with E-state index in [1.165, 1.54) is 0 Å². The highest BCUT2D eigenvalue weighted by Crippen LogP contribution is 2.35. The first-order valence-corrected chi connectivity index (χ1v) is 9.51. The van der Waals surface area contributed by atoms with E-state index in [1.54, 1.807) is 0 Å². The average Bonchev–Trinajstić information content (AvgIpc) is 2.40. The van der Waals surface area contributed by atoms with Gasteiger partial charge in [0.25, 0.3) is 0 Å². The number of halogens is 2. The molecule has 0 saturated carbocycles. The maximum absolute atomic E-state index is 11.9. The lowest BCUT2D eigenvalue weighted by Crippen LogP contribution is -2.23. The SMILES string of the molecule is CCC(Br)C(CC)O[P+](=O)OC(CC)C(Br)CC. The van der Waals surface area contributed by atoms with Crippen LogP contribution in [0.5, 0.6) is 0 Å². The number of alkyl halides is 2. The molecule has 0 spiro atoms. The Kier molecular flexibility index (Phi) is 11.3. The summed E-state index contributed by atoms with van der Waals surface area (Å²) in [6.45, 7) is 8.18. The Hall–Kier alpha value is 0.980. The highest BCUT2D eigenvalue weighted by molar-refractivity contribution is 9.09. The fraction of sp³-hybridized carbons (Fsp3) is 1.00. The first-order chi connectivity index (χ1) is 8.49. The van der Waals surface area contributed by atoms with Gasteiger partial charge in [-0.2, -0.15) is 0 Å². The van der Waals surface area contributed by atoms with Crippen molar-refractivity contribution in [2.45, 2.75) is 75.2 Å². The lowest BCUT2D eigenvalue weighted by atomic mass is 10.2. The fourth-order valence-electron chi connectivity index (χ4n) is 1.56. The molecule has 0 aromatic heterocycles. The first-order valence-electron chi connectivity index (χ1n) is 6.58. The second-order valence-corrected chi connectivity index (χ2v) is 7.40. The Morgan fingerprint density at radius 1 is 0.833 bits per heavy atom. The van der Waals surface area contributed by atoms with Gasteiger partial charge in [-0.05, 0) is 25.7 Å². The molecule has 0 N–H and O–H groups in total. The molecule has 0 aliphatic rings. The van der Waals surface area contributed by atoms with Crippen LogP contribution in [0.2, 0.25) is 0 Å². The Morgan fingerprint density at radius 2 is 1.17 bits per heavy atom. The molecule has 0 aromatic rings. The largest absolute Gasteiger partial charge is 0.698 e. The van der Waals surface area contributed by atoms with E-state index in [0.29, 0.717) is 0 Å². The van der Waals surface area contributed by atoms with E-state index in [2.05, 4.69) is 45.7 Å². The van der Waals surface area contributed by atoms with E-state index >= 15 is 0 Å². The number of hydrogen-bond acceptors (Lipinski definition) is 3. The van der Waals surface area contributed by atoms with Gasteiger partial charge in [0.1, 0.15) is 12.2 Å². The molecule has 6 heteroatoms. The van der Waals surface area contributed by atoms with Crippen LogP contribution in [0.4, 0.5) is 0 Å². The van der Waals surface area contributed by atoms with Crippen LogP contribution in [-0.4, -0.2) is 21.9 Å². The minimum atomic E-state index is -2.06. The third-order valence-electron chi connectivity index (χ3n) is 2.83. The van der Waals surface area contributed by atoms with Crippen molar-refractivity contribution in [3.05, 3.63) is 0 Å². The summed E-state index contributed by atoms with van der Waals surface area (Å²) in [6, 6.07) is 0. The van der Waals surface area contributed by atoms with Gasteiger partial charge in [-0.3, -0.25) is 0 Å². The summed E-state index contributed by atoms with van der Waals surface area (Å²) in [5, 5.41) is 0. The highest BCUT2D eigenvalue weighted by atomic mass is 79.9. The molecule has 0 aromatic carbocycles. The van der Waals surface area contributed by atoms with Crippen molar-refractivity contribution in [3.63, 3.8) is 0 Å². The van der Waals surface area contributed by atoms with Gasteiger partial charge in [0.2, 0.25) is 0 Å². The van der Waals surface area contributed by atoms with Crippen LogP contribution in [0.1, 0.15) is 53.4 Å². The monoisotopic (exact) mass is 405 g/mol. The Bertz CT molecular complexity index is 219. The summed E-state index contributed by atoms with van der Waals surface area (Å²) in [5.74, 6) is 0. The van der Waals surface area contributed by atoms with E-state index < -0.39 is 8.25 Å². The van der Waals surface area contributed by atoms with Crippen LogP contribution in [0.15, 0.2) is 0 Å². The molecule has 108 valence electrons. The first kappa shape index (κ1) is 19.0. The molecule has 18 heavy (non-hydrogen) atoms. The predicted octanol–water partition coefficient (Wildman–Crippen LogP) is 5.58. The minimum Gasteiger partial charge on any atom is -0.115 e. The third-order valence-corrected chi connectivity index (χ3v) is 6.19. The van der Waals surface area contributed by atoms with Crippen LogP contribution >= 0.6 is 40.1 Å². The summed E-state index contributed by atoms with van der Waals surface area (Å²) >= 11 is 7.08. The van der Waals surface area contributed by atoms with Gasteiger partial charge in [0.15, 0.2) is 0 Å². The third kappa shape index (κ3) is 6.95. The summed E-state index contributed by atoms with van der Waals surface area (Å²) in [6.07, 6.45) is 3.38. The van der Waals surface area contributed by atoms with Crippen molar-refractivity contribution in [3.8, 4) is 0 Å². The zero-order chi connectivity index (χ0) is 14.1. The molecule has 0 fully saturated rings. The van der Waals surface area contributed by atoms with Crippen molar-refractivity contribution in [1.82, 2.24) is 0 Å². The molecular formula is C12H24Br2O3P+. The molecule has 4 unspecified atom stereocenters. The van der Waals surface area contributed by atoms with Crippen molar-refractivity contribution in [2.75, 3.05) is 0 Å². The molecule has 0 bridgehead atoms. The number of rotatable bonds is 10. The lowest BCUT2D eigenvalue weighted by molar-refractivity contribution is 0.122. The smallest absolute Gasteiger partial charge is 0.115 e. The van der Waals surface area contributed by atoms with E-state index in [0.717, 1.165) is 25.7 Å². The van der Waals surface area contributed by atoms with E-state index in [1.807, 2.05) is 13.8 Å². The van der Waals surface area contributed by atoms with Crippen LogP contribution in [-0.2, 0) is 13.6 Å². The fourth-order valence-corrected chi connectivity index (χ4v) is 3.95. The van der Waals surface area contributed by atoms with Gasteiger partial charge in [-0.15, -0.1) is 9.05 Å². The van der Waals surface area contributed by atoms with Crippen molar-refractivity contribution >= 4 is 40.1 Å². The van der Waals surface area contributed by atoms with E-state index in [9.17, 15) is 4.57 Å². The topological polar surface area (TPSA) is 35.5 Å². The van der Waals surface area contributed by atoms with Gasteiger partial charge in [-0.1, -0.05) is 59.6 Å². The van der Waals surface area contributed by atoms with Gasteiger partial charge < -0.3 is 0 Å². The molecule has 0 heterocycles. The average molecular weight is 407 g/mol. The second kappa shape index (κ2) is 10.7. The summed E-state index contributed by atoms with van der Waals surface area (Å²) in [5.41, 5.74) is 0. The predicted molar refractivity (Wildman–Crippen MR) is 83.9 cm³/mol. The van der Waals surface area contributed by atoms with Crippen molar-refractivity contribution < 1.29 is 13.6 Å². The zero-order valence-electron chi connectivity index (χ0n) is 11.6. The summed E-state index contributed by atoms with van der Waals surface area (Å²) in [7, 11) is -2.06. The standard InChI is InChI=1S/C12H24Br2O3P/c1-5-9(13)11(7-3)16-18(15)17-12(8-4)10(14)6-2/h9-12H,5-8H2,1-4H3/q+1. The molecular weight excluding hydrogens is 383 g/mol. The van der Waals surface area contributed by atoms with Crippen molar-refractivity contribution in [1.29, 1.82) is 0 Å². The maximum atomic E-state index is 11.9. The van der Waals surface area contributed by atoms with Crippen LogP contribution in [0, 0.1) is 0 Å². The van der Waals surface area contributed by atoms with E-state index in [-0.39, 0.29) is 21.9 Å². The normalized spacial score (nSPS) is 19.1. The quantitative estimate of drug-likeness (QED) is 0.350. The van der Waals surface area contributed by atoms with Crippen molar-refractivity contribution in [2.24, 2.45) is 0 Å². The van der Waals surface area contributed by atoms with Crippen LogP contribution in [0.3, 0.4) is 0 Å². The van der Waals surface area contributed by atoms with E-state index in [4.69, 9.17) is 9.05 Å². The molecule has 0 aliphatic heterocycles. The maximum Gasteiger partial charge on any atom is 0.698 e. The van der Waals surface area contributed by atoms with Crippen LogP contribution < -0.4 is 0 Å². The zero-order valence-corrected chi connectivity index (χ0v) is 15.6. The highest BCUT2D eigenvalue weighted by Gasteiger charge is 2.34. The minimum absolute atomic E-state index is 0.0634. The summed E-state index contributed by atoms with van der Waals surface area (Å²) < 4.78 is 22.9. The second-order valence-electron chi connectivity index (χ2n) is 4.18. The molecule has 0 radical (unpaired) electrons. The molecule has 4 atom stereocenters. The molecule has 0 aliphatic carbocycles. The molecule has 0 rings (SSSR count). The summed E-state index contributed by atoms with van der Waals surface area (Å²) in [4.78, 5) is 0.437. The molecule has 0 saturated heterocycles. The van der Waals surface area contributed by atoms with Crippen LogP contribution in [0.25, 0.3) is 0 Å². The van der Waals surface area contributed by atoms with Gasteiger partial charge in [0.05, 0.1) is 0 Å². The Labute approximate surface area is 129 Å². The Balaban J connectivity index is 4.30.